The number of hydrogen-bond donors (Lipinski definition) is 3. The molecule has 160 valence electrons. The first kappa shape index (κ1) is 21.5. The number of amides is 1. The first-order chi connectivity index (χ1) is 15.5. The molecule has 4 aromatic rings. The Balaban J connectivity index is 1.69. The number of nitrogens with one attached hydrogen (secondary N) is 2. The van der Waals surface area contributed by atoms with Gasteiger partial charge in [-0.05, 0) is 35.0 Å². The van der Waals surface area contributed by atoms with Gasteiger partial charge in [0, 0.05) is 27.4 Å². The van der Waals surface area contributed by atoms with E-state index < -0.39 is 6.04 Å². The summed E-state index contributed by atoms with van der Waals surface area (Å²) >= 11 is 3.41. The first-order valence-corrected chi connectivity index (χ1v) is 10.8. The maximum Gasteiger partial charge on any atom is 0.247 e. The number of carbonyl (C=O) groups is 1. The normalized spacial score (nSPS) is 11.7. The molecule has 1 amide bonds. The lowest BCUT2D eigenvalue weighted by molar-refractivity contribution is -0.116. The molecule has 0 aliphatic rings. The highest BCUT2D eigenvalue weighted by atomic mass is 79.9. The van der Waals surface area contributed by atoms with Crippen LogP contribution in [0.4, 0.5) is 17.1 Å². The van der Waals surface area contributed by atoms with E-state index in [1.54, 1.807) is 36.4 Å². The standard InChI is InChI=1S/C25H20BrN3O3/c26-17-9-6-10-18(14-17)27-25(31)23(13-16-7-2-1-3-8-16)28-22-15-21(29-32)19-11-4-5-12-20(19)24(22)30/h1-12,14-15,23,28,30H,13H2,(H,27,31). The average molecular weight is 490 g/mol. The average Bonchev–Trinajstić information content (AvgIpc) is 2.81. The molecule has 0 spiro atoms. The number of carbonyl (C=O) groups excluding carboxylic acids is 1. The minimum Gasteiger partial charge on any atom is -0.505 e. The molecule has 0 heterocycles. The Bertz CT molecular complexity index is 1280. The molecular weight excluding hydrogens is 470 g/mol. The van der Waals surface area contributed by atoms with E-state index in [0.29, 0.717) is 22.9 Å². The largest absolute Gasteiger partial charge is 0.505 e. The molecule has 6 nitrogen and oxygen atoms in total. The van der Waals surface area contributed by atoms with E-state index in [9.17, 15) is 14.8 Å². The van der Waals surface area contributed by atoms with E-state index in [0.717, 1.165) is 10.0 Å². The molecule has 0 saturated carbocycles. The van der Waals surface area contributed by atoms with Gasteiger partial charge in [0.15, 0.2) is 0 Å². The summed E-state index contributed by atoms with van der Waals surface area (Å²) in [5.74, 6) is -0.318. The van der Waals surface area contributed by atoms with Crippen molar-refractivity contribution in [3.05, 3.63) is 99.9 Å². The molecule has 1 atom stereocenters. The van der Waals surface area contributed by atoms with Gasteiger partial charge < -0.3 is 15.7 Å². The number of hydrogen-bond acceptors (Lipinski definition) is 5. The van der Waals surface area contributed by atoms with Crippen molar-refractivity contribution >= 4 is 49.7 Å². The number of nitroso groups, excluding NO2 is 1. The molecule has 32 heavy (non-hydrogen) atoms. The van der Waals surface area contributed by atoms with Crippen LogP contribution in [0, 0.1) is 4.91 Å². The molecule has 4 rings (SSSR count). The Kier molecular flexibility index (Phi) is 6.47. The molecule has 0 radical (unpaired) electrons. The maximum absolute atomic E-state index is 13.2. The first-order valence-electron chi connectivity index (χ1n) is 10.00. The van der Waals surface area contributed by atoms with Crippen LogP contribution in [0.5, 0.6) is 5.75 Å². The van der Waals surface area contributed by atoms with Crippen molar-refractivity contribution in [1.29, 1.82) is 0 Å². The minimum atomic E-state index is -0.719. The van der Waals surface area contributed by atoms with E-state index in [4.69, 9.17) is 0 Å². The summed E-state index contributed by atoms with van der Waals surface area (Å²) in [4.78, 5) is 24.6. The van der Waals surface area contributed by atoms with Crippen molar-refractivity contribution < 1.29 is 9.90 Å². The fourth-order valence-electron chi connectivity index (χ4n) is 3.57. The van der Waals surface area contributed by atoms with Crippen LogP contribution in [0.3, 0.4) is 0 Å². The monoisotopic (exact) mass is 489 g/mol. The number of rotatable bonds is 7. The summed E-state index contributed by atoms with van der Waals surface area (Å²) in [6.07, 6.45) is 0.372. The molecule has 0 aliphatic carbocycles. The zero-order valence-electron chi connectivity index (χ0n) is 17.0. The van der Waals surface area contributed by atoms with Gasteiger partial charge in [-0.2, -0.15) is 0 Å². The number of phenolic OH excluding ortho intramolecular Hbond substituents is 1. The van der Waals surface area contributed by atoms with Gasteiger partial charge in [-0.25, -0.2) is 0 Å². The van der Waals surface area contributed by atoms with Crippen molar-refractivity contribution in [2.75, 3.05) is 10.6 Å². The number of fused-ring (bicyclic) bond motifs is 1. The summed E-state index contributed by atoms with van der Waals surface area (Å²) in [6, 6.07) is 24.6. The van der Waals surface area contributed by atoms with Crippen LogP contribution in [-0.2, 0) is 11.2 Å². The van der Waals surface area contributed by atoms with Crippen molar-refractivity contribution in [2.24, 2.45) is 5.18 Å². The van der Waals surface area contributed by atoms with E-state index in [1.165, 1.54) is 6.07 Å². The predicted molar refractivity (Wildman–Crippen MR) is 131 cm³/mol. The van der Waals surface area contributed by atoms with E-state index in [-0.39, 0.29) is 23.0 Å². The van der Waals surface area contributed by atoms with Crippen molar-refractivity contribution in [3.8, 4) is 5.75 Å². The zero-order chi connectivity index (χ0) is 22.5. The van der Waals surface area contributed by atoms with Gasteiger partial charge in [-0.1, -0.05) is 76.6 Å². The van der Waals surface area contributed by atoms with E-state index in [2.05, 4.69) is 31.7 Å². The quantitative estimate of drug-likeness (QED) is 0.208. The fraction of sp³-hybridized carbons (Fsp3) is 0.0800. The SMILES string of the molecule is O=Nc1cc(NC(Cc2ccccc2)C(=O)Nc2cccc(Br)c2)c(O)c2ccccc12. The summed E-state index contributed by atoms with van der Waals surface area (Å²) < 4.78 is 0.844. The Morgan fingerprint density at radius 3 is 2.38 bits per heavy atom. The molecule has 4 aromatic carbocycles. The van der Waals surface area contributed by atoms with Gasteiger partial charge in [0.1, 0.15) is 17.5 Å². The third kappa shape index (κ3) is 4.78. The minimum absolute atomic E-state index is 0.0404. The summed E-state index contributed by atoms with van der Waals surface area (Å²) in [7, 11) is 0. The summed E-state index contributed by atoms with van der Waals surface area (Å²) in [5.41, 5.74) is 2.04. The van der Waals surface area contributed by atoms with Gasteiger partial charge >= 0.3 is 0 Å². The number of aromatic hydroxyl groups is 1. The number of benzene rings is 4. The number of anilines is 2. The molecule has 0 saturated heterocycles. The number of halogens is 1. The highest BCUT2D eigenvalue weighted by Gasteiger charge is 2.22. The Morgan fingerprint density at radius 1 is 0.938 bits per heavy atom. The lowest BCUT2D eigenvalue weighted by Gasteiger charge is -2.21. The van der Waals surface area contributed by atoms with Crippen LogP contribution in [0.2, 0.25) is 0 Å². The number of phenols is 1. The second kappa shape index (κ2) is 9.62. The van der Waals surface area contributed by atoms with Crippen molar-refractivity contribution in [1.82, 2.24) is 0 Å². The molecule has 0 aliphatic heterocycles. The second-order valence-corrected chi connectivity index (χ2v) is 8.23. The Labute approximate surface area is 193 Å². The lowest BCUT2D eigenvalue weighted by atomic mass is 10.0. The molecule has 0 aromatic heterocycles. The van der Waals surface area contributed by atoms with Crippen LogP contribution < -0.4 is 10.6 Å². The summed E-state index contributed by atoms with van der Waals surface area (Å²) in [5, 5.41) is 21.0. The molecule has 0 fully saturated rings. The second-order valence-electron chi connectivity index (χ2n) is 7.31. The van der Waals surface area contributed by atoms with Crippen LogP contribution in [-0.4, -0.2) is 17.1 Å². The topological polar surface area (TPSA) is 90.8 Å². The summed E-state index contributed by atoms with van der Waals surface area (Å²) in [6.45, 7) is 0. The van der Waals surface area contributed by atoms with Crippen LogP contribution in [0.1, 0.15) is 5.56 Å². The van der Waals surface area contributed by atoms with Gasteiger partial charge in [-0.3, -0.25) is 4.79 Å². The van der Waals surface area contributed by atoms with Gasteiger partial charge in [-0.15, -0.1) is 4.91 Å². The smallest absolute Gasteiger partial charge is 0.247 e. The fourth-order valence-corrected chi connectivity index (χ4v) is 3.97. The van der Waals surface area contributed by atoms with Crippen molar-refractivity contribution in [3.63, 3.8) is 0 Å². The van der Waals surface area contributed by atoms with Crippen LogP contribution >= 0.6 is 15.9 Å². The maximum atomic E-state index is 13.2. The van der Waals surface area contributed by atoms with E-state index >= 15 is 0 Å². The Morgan fingerprint density at radius 2 is 1.66 bits per heavy atom. The van der Waals surface area contributed by atoms with E-state index in [1.807, 2.05) is 42.5 Å². The lowest BCUT2D eigenvalue weighted by Crippen LogP contribution is -2.36. The van der Waals surface area contributed by atoms with Crippen LogP contribution in [0.15, 0.2) is 94.6 Å². The van der Waals surface area contributed by atoms with Gasteiger partial charge in [0.05, 0.1) is 5.69 Å². The molecule has 1 unspecified atom stereocenters. The van der Waals surface area contributed by atoms with Gasteiger partial charge in [0.2, 0.25) is 5.91 Å². The molecule has 7 heteroatoms. The predicted octanol–water partition coefficient (Wildman–Crippen LogP) is 6.37. The third-order valence-corrected chi connectivity index (χ3v) is 5.61. The molecular formula is C25H20BrN3O3. The van der Waals surface area contributed by atoms with Gasteiger partial charge in [0.25, 0.3) is 0 Å². The zero-order valence-corrected chi connectivity index (χ0v) is 18.5. The molecule has 0 bridgehead atoms. The molecule has 3 N–H and O–H groups in total. The van der Waals surface area contributed by atoms with Crippen molar-refractivity contribution in [2.45, 2.75) is 12.5 Å². The van der Waals surface area contributed by atoms with Crippen LogP contribution in [0.25, 0.3) is 10.8 Å². The highest BCUT2D eigenvalue weighted by molar-refractivity contribution is 9.10. The Hall–Kier alpha value is -3.71. The highest BCUT2D eigenvalue weighted by Crippen LogP contribution is 2.39. The number of nitrogens with zero attached hydrogens (tertiary/aromatic N) is 1. The third-order valence-electron chi connectivity index (χ3n) is 5.11.